The molecule has 3 nitrogen and oxygen atoms in total. The zero-order chi connectivity index (χ0) is 12.5. The van der Waals surface area contributed by atoms with E-state index < -0.39 is 10.1 Å². The lowest BCUT2D eigenvalue weighted by molar-refractivity contribution is 0.312. The third kappa shape index (κ3) is 2.84. The van der Waals surface area contributed by atoms with E-state index >= 15 is 0 Å². The highest BCUT2D eigenvalue weighted by Crippen LogP contribution is 2.23. The SMILES string of the molecule is Cc1ccc2ccccc2c1COS(C)(=O)=O. The first-order chi connectivity index (χ1) is 7.97. The van der Waals surface area contributed by atoms with Crippen molar-refractivity contribution in [1.82, 2.24) is 0 Å². The van der Waals surface area contributed by atoms with Gasteiger partial charge in [0, 0.05) is 0 Å². The fourth-order valence-electron chi connectivity index (χ4n) is 1.80. The maximum absolute atomic E-state index is 11.0. The van der Waals surface area contributed by atoms with Crippen LogP contribution in [0.1, 0.15) is 11.1 Å². The molecule has 2 aromatic rings. The molecule has 0 heterocycles. The maximum atomic E-state index is 11.0. The summed E-state index contributed by atoms with van der Waals surface area (Å²) in [6.07, 6.45) is 1.06. The second-order valence-electron chi connectivity index (χ2n) is 4.05. The molecule has 4 heteroatoms. The Kier molecular flexibility index (Phi) is 3.17. The average molecular weight is 250 g/mol. The average Bonchev–Trinajstić information content (AvgIpc) is 2.26. The van der Waals surface area contributed by atoms with Gasteiger partial charge in [0.25, 0.3) is 10.1 Å². The second kappa shape index (κ2) is 4.47. The fourth-order valence-corrected chi connectivity index (χ4v) is 2.13. The van der Waals surface area contributed by atoms with Crippen LogP contribution in [0.2, 0.25) is 0 Å². The highest BCUT2D eigenvalue weighted by Gasteiger charge is 2.08. The number of aryl methyl sites for hydroxylation is 1. The van der Waals surface area contributed by atoms with E-state index in [4.69, 9.17) is 4.18 Å². The molecule has 0 aromatic heterocycles. The number of hydrogen-bond donors (Lipinski definition) is 0. The van der Waals surface area contributed by atoms with Gasteiger partial charge in [0.2, 0.25) is 0 Å². The predicted octanol–water partition coefficient (Wildman–Crippen LogP) is 2.62. The van der Waals surface area contributed by atoms with Crippen LogP contribution >= 0.6 is 0 Å². The lowest BCUT2D eigenvalue weighted by Crippen LogP contribution is -2.04. The Labute approximate surface area is 101 Å². The van der Waals surface area contributed by atoms with Gasteiger partial charge < -0.3 is 0 Å². The smallest absolute Gasteiger partial charge is 0.264 e. The van der Waals surface area contributed by atoms with E-state index in [1.165, 1.54) is 0 Å². The number of benzene rings is 2. The molecule has 0 spiro atoms. The van der Waals surface area contributed by atoms with Gasteiger partial charge in [-0.15, -0.1) is 0 Å². The molecule has 0 saturated carbocycles. The van der Waals surface area contributed by atoms with Crippen molar-refractivity contribution in [3.63, 3.8) is 0 Å². The van der Waals surface area contributed by atoms with Gasteiger partial charge in [-0.05, 0) is 28.8 Å². The van der Waals surface area contributed by atoms with Crippen LogP contribution < -0.4 is 0 Å². The monoisotopic (exact) mass is 250 g/mol. The van der Waals surface area contributed by atoms with Gasteiger partial charge in [-0.2, -0.15) is 8.42 Å². The summed E-state index contributed by atoms with van der Waals surface area (Å²) in [5.74, 6) is 0. The van der Waals surface area contributed by atoms with E-state index in [0.717, 1.165) is 28.2 Å². The van der Waals surface area contributed by atoms with E-state index in [1.807, 2.05) is 43.3 Å². The molecule has 0 N–H and O–H groups in total. The summed E-state index contributed by atoms with van der Waals surface area (Å²) in [7, 11) is -3.41. The highest BCUT2D eigenvalue weighted by molar-refractivity contribution is 7.85. The molecule has 0 saturated heterocycles. The Morgan fingerprint density at radius 3 is 2.53 bits per heavy atom. The molecular formula is C13H14O3S. The first-order valence-electron chi connectivity index (χ1n) is 5.29. The van der Waals surface area contributed by atoms with E-state index in [0.29, 0.717) is 0 Å². The van der Waals surface area contributed by atoms with Gasteiger partial charge >= 0.3 is 0 Å². The fraction of sp³-hybridized carbons (Fsp3) is 0.231. The van der Waals surface area contributed by atoms with Gasteiger partial charge in [0.1, 0.15) is 0 Å². The largest absolute Gasteiger partial charge is 0.265 e. The lowest BCUT2D eigenvalue weighted by Gasteiger charge is -2.09. The Morgan fingerprint density at radius 2 is 1.82 bits per heavy atom. The summed E-state index contributed by atoms with van der Waals surface area (Å²) in [6.45, 7) is 2.04. The van der Waals surface area contributed by atoms with Crippen molar-refractivity contribution >= 4 is 20.9 Å². The van der Waals surface area contributed by atoms with Crippen molar-refractivity contribution in [1.29, 1.82) is 0 Å². The van der Waals surface area contributed by atoms with Crippen LogP contribution in [0, 0.1) is 6.92 Å². The lowest BCUT2D eigenvalue weighted by atomic mass is 10.0. The number of rotatable bonds is 3. The van der Waals surface area contributed by atoms with Crippen LogP contribution in [-0.4, -0.2) is 14.7 Å². The van der Waals surface area contributed by atoms with E-state index in [1.54, 1.807) is 0 Å². The Bertz CT molecular complexity index is 645. The van der Waals surface area contributed by atoms with Crippen LogP contribution in [0.15, 0.2) is 36.4 Å². The van der Waals surface area contributed by atoms with E-state index in [2.05, 4.69) is 0 Å². The van der Waals surface area contributed by atoms with Crippen molar-refractivity contribution in [2.24, 2.45) is 0 Å². The number of hydrogen-bond acceptors (Lipinski definition) is 3. The molecule has 0 aliphatic rings. The molecule has 0 amide bonds. The zero-order valence-electron chi connectivity index (χ0n) is 9.80. The molecule has 0 fully saturated rings. The van der Waals surface area contributed by atoms with E-state index in [-0.39, 0.29) is 6.61 Å². The van der Waals surface area contributed by atoms with Gasteiger partial charge in [-0.1, -0.05) is 36.4 Å². The summed E-state index contributed by atoms with van der Waals surface area (Å²) in [5.41, 5.74) is 1.96. The molecule has 0 aliphatic heterocycles. The standard InChI is InChI=1S/C13H14O3S/c1-10-7-8-11-5-3-4-6-12(11)13(10)9-16-17(2,14)15/h3-8H,9H2,1-2H3. The third-order valence-electron chi connectivity index (χ3n) is 2.69. The molecular weight excluding hydrogens is 236 g/mol. The molecule has 17 heavy (non-hydrogen) atoms. The summed E-state index contributed by atoms with van der Waals surface area (Å²) >= 11 is 0. The molecule has 2 rings (SSSR count). The molecule has 0 unspecified atom stereocenters. The molecule has 0 radical (unpaired) electrons. The van der Waals surface area contributed by atoms with Gasteiger partial charge in [0.15, 0.2) is 0 Å². The summed E-state index contributed by atoms with van der Waals surface area (Å²) < 4.78 is 26.9. The first kappa shape index (κ1) is 12.1. The topological polar surface area (TPSA) is 43.4 Å². The van der Waals surface area contributed by atoms with Crippen molar-refractivity contribution < 1.29 is 12.6 Å². The first-order valence-corrected chi connectivity index (χ1v) is 7.11. The summed E-state index contributed by atoms with van der Waals surface area (Å²) in [6, 6.07) is 11.9. The summed E-state index contributed by atoms with van der Waals surface area (Å²) in [5, 5.41) is 2.13. The van der Waals surface area contributed by atoms with Gasteiger partial charge in [0.05, 0.1) is 12.9 Å². The van der Waals surface area contributed by atoms with Crippen LogP contribution in [0.3, 0.4) is 0 Å². The Hall–Kier alpha value is -1.39. The maximum Gasteiger partial charge on any atom is 0.264 e. The van der Waals surface area contributed by atoms with Crippen molar-refractivity contribution in [3.05, 3.63) is 47.5 Å². The minimum absolute atomic E-state index is 0.0893. The predicted molar refractivity (Wildman–Crippen MR) is 68.3 cm³/mol. The third-order valence-corrected chi connectivity index (χ3v) is 3.24. The Balaban J connectivity index is 2.48. The molecule has 0 aliphatic carbocycles. The molecule has 90 valence electrons. The Morgan fingerprint density at radius 1 is 1.12 bits per heavy atom. The minimum Gasteiger partial charge on any atom is -0.265 e. The summed E-state index contributed by atoms with van der Waals surface area (Å²) in [4.78, 5) is 0. The van der Waals surface area contributed by atoms with Gasteiger partial charge in [-0.25, -0.2) is 0 Å². The highest BCUT2D eigenvalue weighted by atomic mass is 32.2. The van der Waals surface area contributed by atoms with Gasteiger partial charge in [-0.3, -0.25) is 4.18 Å². The quantitative estimate of drug-likeness (QED) is 0.786. The van der Waals surface area contributed by atoms with Crippen LogP contribution in [0.5, 0.6) is 0 Å². The van der Waals surface area contributed by atoms with E-state index in [9.17, 15) is 8.42 Å². The van der Waals surface area contributed by atoms with Crippen LogP contribution in [0.25, 0.3) is 10.8 Å². The van der Waals surface area contributed by atoms with Crippen LogP contribution in [-0.2, 0) is 20.9 Å². The normalized spacial score (nSPS) is 11.9. The molecule has 0 atom stereocenters. The zero-order valence-corrected chi connectivity index (χ0v) is 10.6. The molecule has 2 aromatic carbocycles. The van der Waals surface area contributed by atoms with Crippen molar-refractivity contribution in [2.45, 2.75) is 13.5 Å². The molecule has 0 bridgehead atoms. The second-order valence-corrected chi connectivity index (χ2v) is 5.69. The van der Waals surface area contributed by atoms with Crippen molar-refractivity contribution in [2.75, 3.05) is 6.26 Å². The van der Waals surface area contributed by atoms with Crippen LogP contribution in [0.4, 0.5) is 0 Å². The number of fused-ring (bicyclic) bond motifs is 1. The minimum atomic E-state index is -3.41. The van der Waals surface area contributed by atoms with Crippen molar-refractivity contribution in [3.8, 4) is 0 Å².